The second-order valence-electron chi connectivity index (χ2n) is 3.60. The fourth-order valence-electron chi connectivity index (χ4n) is 1.14. The second-order valence-corrected chi connectivity index (χ2v) is 3.60. The molecule has 0 unspecified atom stereocenters. The highest BCUT2D eigenvalue weighted by Crippen LogP contribution is 2.05. The van der Waals surface area contributed by atoms with E-state index in [-0.39, 0.29) is 0 Å². The summed E-state index contributed by atoms with van der Waals surface area (Å²) in [6, 6.07) is 0. The Morgan fingerprint density at radius 1 is 1.05 bits per heavy atom. The maximum Gasteiger partial charge on any atom is 0.232 e. The summed E-state index contributed by atoms with van der Waals surface area (Å²) in [6.45, 7) is -1.06. The fourth-order valence-corrected chi connectivity index (χ4v) is 1.14. The molecule has 0 aliphatic heterocycles. The molecule has 4 N–H and O–H groups in total. The van der Waals surface area contributed by atoms with Crippen LogP contribution in [0.2, 0.25) is 0 Å². The van der Waals surface area contributed by atoms with Crippen LogP contribution >= 0.6 is 0 Å². The molecular formula is C8H13N7O5. The molecule has 12 nitrogen and oxygen atoms in total. The minimum atomic E-state index is -1.72. The molecule has 0 bridgehead atoms. The molecule has 0 spiro atoms. The van der Waals surface area contributed by atoms with Gasteiger partial charge in [-0.25, -0.2) is 0 Å². The molecule has 0 aromatic heterocycles. The number of amides is 2. The van der Waals surface area contributed by atoms with Crippen LogP contribution in [0.15, 0.2) is 10.2 Å². The van der Waals surface area contributed by atoms with Crippen molar-refractivity contribution in [2.45, 2.75) is 24.7 Å². The average Bonchev–Trinajstić information content (AvgIpc) is 2.41. The number of hydrogen-bond donors (Lipinski definition) is 4. The molecule has 20 heavy (non-hydrogen) atoms. The van der Waals surface area contributed by atoms with Crippen LogP contribution in [0.5, 0.6) is 0 Å². The molecule has 0 saturated heterocycles. The van der Waals surface area contributed by atoms with Crippen molar-refractivity contribution in [1.82, 2.24) is 5.32 Å². The molecule has 0 aromatic carbocycles. The number of aliphatic hydroxyl groups excluding tert-OH is 3. The van der Waals surface area contributed by atoms with E-state index >= 15 is 0 Å². The van der Waals surface area contributed by atoms with Crippen molar-refractivity contribution in [3.05, 3.63) is 20.9 Å². The lowest BCUT2D eigenvalue weighted by Gasteiger charge is -2.21. The first-order chi connectivity index (χ1) is 9.42. The van der Waals surface area contributed by atoms with E-state index < -0.39 is 49.6 Å². The van der Waals surface area contributed by atoms with E-state index in [9.17, 15) is 24.9 Å². The molecule has 3 atom stereocenters. The van der Waals surface area contributed by atoms with Gasteiger partial charge in [0.25, 0.3) is 0 Å². The van der Waals surface area contributed by atoms with Crippen molar-refractivity contribution in [3.8, 4) is 0 Å². The van der Waals surface area contributed by atoms with Crippen molar-refractivity contribution >= 4 is 11.8 Å². The maximum atomic E-state index is 11.3. The fraction of sp³-hybridized carbons (Fsp3) is 0.750. The molecular weight excluding hydrogens is 274 g/mol. The van der Waals surface area contributed by atoms with Crippen LogP contribution in [0.4, 0.5) is 0 Å². The summed E-state index contributed by atoms with van der Waals surface area (Å²) in [4.78, 5) is 26.9. The normalized spacial score (nSPS) is 14.2. The Balaban J connectivity index is 4.26. The third-order valence-corrected chi connectivity index (χ3v) is 2.07. The standard InChI is InChI=1S/C8H13N7O5/c9-14-11-2-5(17)8(20)4(16)1-6(18)13-7(19)3-12-15-10/h4-5,8,16-17,20H,1-3H2,(H,13,18,19)/t4-,5-,8+/m1/s1. The van der Waals surface area contributed by atoms with E-state index in [4.69, 9.17) is 11.1 Å². The molecule has 0 aliphatic rings. The Bertz CT molecular complexity index is 442. The van der Waals surface area contributed by atoms with Crippen LogP contribution in [0.3, 0.4) is 0 Å². The summed E-state index contributed by atoms with van der Waals surface area (Å²) < 4.78 is 0. The molecule has 2 amide bonds. The van der Waals surface area contributed by atoms with Crippen molar-refractivity contribution in [2.24, 2.45) is 10.2 Å². The first kappa shape index (κ1) is 17.6. The van der Waals surface area contributed by atoms with E-state index in [2.05, 4.69) is 20.1 Å². The zero-order chi connectivity index (χ0) is 15.5. The molecule has 0 rings (SSSR count). The van der Waals surface area contributed by atoms with Gasteiger partial charge in [0.1, 0.15) is 12.6 Å². The maximum absolute atomic E-state index is 11.3. The molecule has 0 aromatic rings. The van der Waals surface area contributed by atoms with Crippen molar-refractivity contribution in [3.63, 3.8) is 0 Å². The zero-order valence-electron chi connectivity index (χ0n) is 10.2. The number of rotatable bonds is 8. The topological polar surface area (TPSA) is 204 Å². The lowest BCUT2D eigenvalue weighted by molar-refractivity contribution is -0.133. The molecule has 12 heteroatoms. The van der Waals surface area contributed by atoms with Crippen molar-refractivity contribution in [1.29, 1.82) is 0 Å². The number of nitrogens with zero attached hydrogens (tertiary/aromatic N) is 6. The highest BCUT2D eigenvalue weighted by Gasteiger charge is 2.26. The number of carbonyl (C=O) groups is 2. The summed E-state index contributed by atoms with van der Waals surface area (Å²) in [6.07, 6.45) is -5.60. The lowest BCUT2D eigenvalue weighted by Crippen LogP contribution is -2.43. The second kappa shape index (κ2) is 9.55. The van der Waals surface area contributed by atoms with Crippen LogP contribution in [0.25, 0.3) is 20.9 Å². The Labute approximate surface area is 112 Å². The van der Waals surface area contributed by atoms with E-state index in [1.54, 1.807) is 5.32 Å². The van der Waals surface area contributed by atoms with Crippen molar-refractivity contribution < 1.29 is 24.9 Å². The largest absolute Gasteiger partial charge is 0.390 e. The van der Waals surface area contributed by atoms with Gasteiger partial charge in [-0.05, 0) is 11.1 Å². The summed E-state index contributed by atoms with van der Waals surface area (Å²) in [7, 11) is 0. The zero-order valence-corrected chi connectivity index (χ0v) is 10.2. The monoisotopic (exact) mass is 287 g/mol. The third kappa shape index (κ3) is 7.16. The summed E-state index contributed by atoms with van der Waals surface area (Å²) in [5, 5.41) is 35.9. The van der Waals surface area contributed by atoms with E-state index in [0.717, 1.165) is 0 Å². The summed E-state index contributed by atoms with van der Waals surface area (Å²) in [5.74, 6) is -1.80. The highest BCUT2D eigenvalue weighted by atomic mass is 16.4. The Kier molecular flexibility index (Phi) is 8.43. The first-order valence-corrected chi connectivity index (χ1v) is 5.31. The lowest BCUT2D eigenvalue weighted by atomic mass is 10.1. The van der Waals surface area contributed by atoms with Crippen molar-refractivity contribution in [2.75, 3.05) is 13.1 Å². The minimum Gasteiger partial charge on any atom is -0.390 e. The van der Waals surface area contributed by atoms with Crippen LogP contribution in [-0.4, -0.2) is 58.5 Å². The quantitative estimate of drug-likeness (QED) is 0.244. The van der Waals surface area contributed by atoms with Gasteiger partial charge in [0.2, 0.25) is 11.8 Å². The van der Waals surface area contributed by atoms with E-state index in [1.807, 2.05) is 0 Å². The molecule has 0 saturated carbocycles. The van der Waals surface area contributed by atoms with Gasteiger partial charge in [-0.15, -0.1) is 0 Å². The summed E-state index contributed by atoms with van der Waals surface area (Å²) >= 11 is 0. The summed E-state index contributed by atoms with van der Waals surface area (Å²) in [5.41, 5.74) is 16.0. The van der Waals surface area contributed by atoms with Crippen LogP contribution in [0, 0.1) is 0 Å². The predicted octanol–water partition coefficient (Wildman–Crippen LogP) is -1.28. The predicted molar refractivity (Wildman–Crippen MR) is 63.8 cm³/mol. The van der Waals surface area contributed by atoms with Crippen LogP contribution in [-0.2, 0) is 9.59 Å². The van der Waals surface area contributed by atoms with Gasteiger partial charge in [-0.2, -0.15) is 0 Å². The Morgan fingerprint density at radius 2 is 1.65 bits per heavy atom. The van der Waals surface area contributed by atoms with Gasteiger partial charge < -0.3 is 15.3 Å². The first-order valence-electron chi connectivity index (χ1n) is 5.31. The number of nitrogens with one attached hydrogen (secondary N) is 1. The van der Waals surface area contributed by atoms with Gasteiger partial charge in [0.05, 0.1) is 25.2 Å². The molecule has 0 radical (unpaired) electrons. The number of carbonyl (C=O) groups excluding carboxylic acids is 2. The van der Waals surface area contributed by atoms with Gasteiger partial charge in [-0.3, -0.25) is 14.9 Å². The SMILES string of the molecule is [N-]=[N+]=NCC(=O)NC(=O)C[C@@H](O)[C@H](O)[C@H](O)CN=[N+]=[N-]. The number of hydrogen-bond acceptors (Lipinski definition) is 7. The van der Waals surface area contributed by atoms with Gasteiger partial charge >= 0.3 is 0 Å². The molecule has 0 heterocycles. The number of azide groups is 2. The molecule has 110 valence electrons. The Morgan fingerprint density at radius 3 is 2.20 bits per heavy atom. The van der Waals surface area contributed by atoms with Crippen LogP contribution in [0.1, 0.15) is 6.42 Å². The number of aliphatic hydroxyl groups is 3. The molecule has 0 aliphatic carbocycles. The van der Waals surface area contributed by atoms with Gasteiger partial charge in [0, 0.05) is 9.82 Å². The highest BCUT2D eigenvalue weighted by molar-refractivity contribution is 5.96. The smallest absolute Gasteiger partial charge is 0.232 e. The third-order valence-electron chi connectivity index (χ3n) is 2.07. The minimum absolute atomic E-state index is 0.480. The molecule has 0 fully saturated rings. The average molecular weight is 287 g/mol. The van der Waals surface area contributed by atoms with Gasteiger partial charge in [-0.1, -0.05) is 10.2 Å². The number of imide groups is 1. The van der Waals surface area contributed by atoms with E-state index in [0.29, 0.717) is 0 Å². The van der Waals surface area contributed by atoms with E-state index in [1.165, 1.54) is 0 Å². The Hall–Kier alpha value is -2.36. The van der Waals surface area contributed by atoms with Crippen LogP contribution < -0.4 is 5.32 Å². The van der Waals surface area contributed by atoms with Gasteiger partial charge in [0.15, 0.2) is 0 Å².